The van der Waals surface area contributed by atoms with E-state index >= 15 is 0 Å². The Morgan fingerprint density at radius 2 is 0.769 bits per heavy atom. The number of fused-ring (bicyclic) bond motifs is 6. The molecule has 0 radical (unpaired) electrons. The third-order valence-corrected chi connectivity index (χ3v) is 17.3. The summed E-state index contributed by atoms with van der Waals surface area (Å²) in [6.45, 7) is 9.30. The maximum Gasteiger partial charge on any atom is 0.139 e. The van der Waals surface area contributed by atoms with Crippen LogP contribution in [0.25, 0.3) is 33.4 Å². The van der Waals surface area contributed by atoms with Crippen molar-refractivity contribution in [2.45, 2.75) is 67.9 Å². The first-order chi connectivity index (χ1) is 31.7. The molecule has 0 amide bonds. The summed E-state index contributed by atoms with van der Waals surface area (Å²) >= 11 is 5.64. The van der Waals surface area contributed by atoms with Crippen molar-refractivity contribution < 1.29 is 4.74 Å². The van der Waals surface area contributed by atoms with Crippen LogP contribution in [0.2, 0.25) is 0 Å². The Hall–Kier alpha value is -6.37. The molecule has 0 aromatic heterocycles. The summed E-state index contributed by atoms with van der Waals surface area (Å²) in [6.07, 6.45) is 0. The van der Waals surface area contributed by atoms with Gasteiger partial charge in [-0.05, 0) is 106 Å². The number of hydrogen-bond donors (Lipinski definition) is 0. The van der Waals surface area contributed by atoms with Crippen molar-refractivity contribution in [2.75, 3.05) is 4.90 Å². The van der Waals surface area contributed by atoms with Gasteiger partial charge in [-0.2, -0.15) is 0 Å². The van der Waals surface area contributed by atoms with E-state index in [1.165, 1.54) is 73.9 Å². The predicted octanol–water partition coefficient (Wildman–Crippen LogP) is 18.0. The molecule has 2 nitrogen and oxygen atoms in total. The molecular weight excluding hydrogens is 847 g/mol. The van der Waals surface area contributed by atoms with E-state index in [4.69, 9.17) is 4.74 Å². The average Bonchev–Trinajstić information content (AvgIpc) is 3.34. The SMILES string of the molecule is CC1(C)c2ccccc2Oc2c(-c3ccc(N(c4ccc(-c5cccc6c5Sc5ccccc5S6)cc4)c4ccc(-c5cccc6c5Sc5ccccc5C6(C)C)cc4)cc3)cccc21. The first kappa shape index (κ1) is 40.2. The smallest absolute Gasteiger partial charge is 0.139 e. The standard InChI is InChI=1S/C60H45NOS3/c1-59(2)47-17-5-7-21-51(47)62-56-44(14-11-19-49(56)59)38-26-32-41(33-27-38)61(43-36-30-40(31-37-43)46-16-13-25-55-58(46)65-54-24-10-9-23-53(54)63-55)42-34-28-39(29-35-42)45-15-12-20-50-57(45)64-52-22-8-6-18-48(52)60(50,3)4/h5-37H,1-4H3. The molecule has 12 rings (SSSR count). The molecule has 0 saturated carbocycles. The van der Waals surface area contributed by atoms with Crippen LogP contribution in [0.1, 0.15) is 49.9 Å². The highest BCUT2D eigenvalue weighted by Crippen LogP contribution is 2.55. The van der Waals surface area contributed by atoms with Crippen LogP contribution in [0.4, 0.5) is 17.1 Å². The van der Waals surface area contributed by atoms with E-state index in [2.05, 4.69) is 233 Å². The minimum Gasteiger partial charge on any atom is -0.456 e. The fourth-order valence-corrected chi connectivity index (χ4v) is 13.9. The van der Waals surface area contributed by atoms with Crippen LogP contribution >= 0.6 is 35.3 Å². The summed E-state index contributed by atoms with van der Waals surface area (Å²) in [5.41, 5.74) is 15.3. The summed E-state index contributed by atoms with van der Waals surface area (Å²) in [5.74, 6) is 1.86. The fraction of sp³-hybridized carbons (Fsp3) is 0.100. The zero-order valence-electron chi connectivity index (χ0n) is 36.6. The van der Waals surface area contributed by atoms with Crippen LogP contribution in [0.5, 0.6) is 11.5 Å². The van der Waals surface area contributed by atoms with Gasteiger partial charge in [0.25, 0.3) is 0 Å². The van der Waals surface area contributed by atoms with Gasteiger partial charge in [0, 0.05) is 74.0 Å². The lowest BCUT2D eigenvalue weighted by atomic mass is 9.75. The molecule has 5 heteroatoms. The molecule has 0 N–H and O–H groups in total. The quantitative estimate of drug-likeness (QED) is 0.164. The third-order valence-electron chi connectivity index (χ3n) is 13.5. The van der Waals surface area contributed by atoms with Crippen LogP contribution in [0, 0.1) is 0 Å². The number of anilines is 3. The monoisotopic (exact) mass is 891 g/mol. The molecule has 0 atom stereocenters. The molecule has 0 bridgehead atoms. The van der Waals surface area contributed by atoms with Crippen molar-refractivity contribution >= 4 is 52.3 Å². The van der Waals surface area contributed by atoms with E-state index in [9.17, 15) is 0 Å². The Bertz CT molecular complexity index is 3160. The van der Waals surface area contributed by atoms with Crippen LogP contribution in [-0.4, -0.2) is 0 Å². The van der Waals surface area contributed by atoms with Crippen molar-refractivity contribution in [2.24, 2.45) is 0 Å². The van der Waals surface area contributed by atoms with E-state index in [1.807, 2.05) is 35.3 Å². The van der Waals surface area contributed by atoms with E-state index in [-0.39, 0.29) is 10.8 Å². The van der Waals surface area contributed by atoms with Gasteiger partial charge in [0.15, 0.2) is 0 Å². The molecule has 0 unspecified atom stereocenters. The van der Waals surface area contributed by atoms with Gasteiger partial charge in [0.1, 0.15) is 11.5 Å². The highest BCUT2D eigenvalue weighted by atomic mass is 32.2. The molecule has 3 aliphatic rings. The van der Waals surface area contributed by atoms with E-state index in [0.717, 1.165) is 39.7 Å². The summed E-state index contributed by atoms with van der Waals surface area (Å²) in [5, 5.41) is 0. The molecule has 3 aliphatic heterocycles. The number of para-hydroxylation sites is 2. The van der Waals surface area contributed by atoms with E-state index in [1.54, 1.807) is 0 Å². The van der Waals surface area contributed by atoms with Gasteiger partial charge in [-0.3, -0.25) is 0 Å². The number of nitrogens with zero attached hydrogens (tertiary/aromatic N) is 1. The topological polar surface area (TPSA) is 12.5 Å². The first-order valence-corrected chi connectivity index (χ1v) is 24.7. The molecular formula is C60H45NOS3. The number of benzene rings is 9. The molecule has 9 aromatic carbocycles. The molecule has 9 aromatic rings. The Kier molecular flexibility index (Phi) is 9.68. The molecule has 0 saturated heterocycles. The second kappa shape index (κ2) is 15.7. The van der Waals surface area contributed by atoms with E-state index in [0.29, 0.717) is 0 Å². The summed E-state index contributed by atoms with van der Waals surface area (Å²) < 4.78 is 6.71. The van der Waals surface area contributed by atoms with Crippen LogP contribution < -0.4 is 9.64 Å². The number of ether oxygens (including phenoxy) is 1. The Labute approximate surface area is 394 Å². The summed E-state index contributed by atoms with van der Waals surface area (Å²) in [6, 6.07) is 73.4. The lowest BCUT2D eigenvalue weighted by Crippen LogP contribution is -2.24. The molecule has 314 valence electrons. The molecule has 0 fully saturated rings. The Morgan fingerprint density at radius 1 is 0.338 bits per heavy atom. The van der Waals surface area contributed by atoms with Crippen molar-refractivity contribution in [3.05, 3.63) is 222 Å². The zero-order chi connectivity index (χ0) is 43.9. The van der Waals surface area contributed by atoms with E-state index < -0.39 is 0 Å². The molecule has 65 heavy (non-hydrogen) atoms. The van der Waals surface area contributed by atoms with Gasteiger partial charge in [0.05, 0.1) is 0 Å². The maximum atomic E-state index is 6.71. The van der Waals surface area contributed by atoms with Gasteiger partial charge in [-0.15, -0.1) is 0 Å². The minimum atomic E-state index is -0.186. The molecule has 3 heterocycles. The van der Waals surface area contributed by atoms with Crippen LogP contribution in [0.3, 0.4) is 0 Å². The van der Waals surface area contributed by atoms with Crippen LogP contribution in [0.15, 0.2) is 230 Å². The fourth-order valence-electron chi connectivity index (χ4n) is 9.98. The highest BCUT2D eigenvalue weighted by Gasteiger charge is 2.36. The Balaban J connectivity index is 0.927. The van der Waals surface area contributed by atoms with Gasteiger partial charge >= 0.3 is 0 Å². The van der Waals surface area contributed by atoms with Crippen LogP contribution in [-0.2, 0) is 10.8 Å². The van der Waals surface area contributed by atoms with Gasteiger partial charge in [-0.1, -0.05) is 196 Å². The molecule has 0 aliphatic carbocycles. The largest absolute Gasteiger partial charge is 0.456 e. The van der Waals surface area contributed by atoms with Crippen molar-refractivity contribution in [1.29, 1.82) is 0 Å². The van der Waals surface area contributed by atoms with Gasteiger partial charge < -0.3 is 9.64 Å². The maximum absolute atomic E-state index is 6.71. The number of hydrogen-bond acceptors (Lipinski definition) is 5. The van der Waals surface area contributed by atoms with Crippen molar-refractivity contribution in [1.82, 2.24) is 0 Å². The highest BCUT2D eigenvalue weighted by molar-refractivity contribution is 8.05. The van der Waals surface area contributed by atoms with Crippen molar-refractivity contribution in [3.63, 3.8) is 0 Å². The van der Waals surface area contributed by atoms with Crippen molar-refractivity contribution in [3.8, 4) is 44.9 Å². The van der Waals surface area contributed by atoms with Gasteiger partial charge in [0.2, 0.25) is 0 Å². The minimum absolute atomic E-state index is 0.0881. The number of rotatable bonds is 6. The van der Waals surface area contributed by atoms with Gasteiger partial charge in [-0.25, -0.2) is 0 Å². The third kappa shape index (κ3) is 6.74. The predicted molar refractivity (Wildman–Crippen MR) is 273 cm³/mol. The summed E-state index contributed by atoms with van der Waals surface area (Å²) in [7, 11) is 0. The molecule has 0 spiro atoms. The second-order valence-corrected chi connectivity index (χ2v) is 21.3. The second-order valence-electron chi connectivity index (χ2n) is 18.1. The lowest BCUT2D eigenvalue weighted by molar-refractivity contribution is 0.419. The Morgan fingerprint density at radius 3 is 1.42 bits per heavy atom. The normalized spacial score (nSPS) is 14.6. The average molecular weight is 892 g/mol. The lowest BCUT2D eigenvalue weighted by Gasteiger charge is -2.35. The first-order valence-electron chi connectivity index (χ1n) is 22.2. The zero-order valence-corrected chi connectivity index (χ0v) is 39.1. The summed E-state index contributed by atoms with van der Waals surface area (Å²) in [4.78, 5) is 10.3.